The maximum absolute atomic E-state index is 12.5. The van der Waals surface area contributed by atoms with Crippen LogP contribution in [0.3, 0.4) is 0 Å². The highest BCUT2D eigenvalue weighted by Crippen LogP contribution is 2.28. The molecule has 0 amide bonds. The molecule has 4 aromatic carbocycles. The number of carbonyl (C=O) groups excluding carboxylic acids is 5. The van der Waals surface area contributed by atoms with Crippen molar-refractivity contribution in [1.82, 2.24) is 0 Å². The largest absolute Gasteiger partial charge is 0.491 e. The van der Waals surface area contributed by atoms with E-state index in [1.807, 2.05) is 60.7 Å². The van der Waals surface area contributed by atoms with Crippen molar-refractivity contribution in [3.05, 3.63) is 184 Å². The Hall–Kier alpha value is -8.52. The molecule has 0 fully saturated rings. The van der Waals surface area contributed by atoms with E-state index in [0.29, 0.717) is 23.0 Å². The summed E-state index contributed by atoms with van der Waals surface area (Å²) in [5.74, 6) is -3.09. The van der Waals surface area contributed by atoms with E-state index in [1.165, 1.54) is 19.3 Å². The number of ether oxygens (including phenoxy) is 9. The minimum absolute atomic E-state index is 0.0412. The molecular weight excluding hydrogens is 1080 g/mol. The average Bonchev–Trinajstić information content (AvgIpc) is 3.69. The molecule has 0 saturated carbocycles. The zero-order valence-electron chi connectivity index (χ0n) is 49.4. The SMILES string of the molecule is C=CC(=O)OCC(COc1ccccc1)OC(=O)C1CC=CCC1C(=O)O.C=CC(=O)OCC(O)COc1ccccc1.C=CC(=O)OCC(O)COc1ccccc1.C=CC(=O)OCC(O)COc1ccccc1.CCC.CCC.CCC. The van der Waals surface area contributed by atoms with E-state index in [-0.39, 0.29) is 65.7 Å². The number of esters is 5. The Labute approximate surface area is 495 Å². The summed E-state index contributed by atoms with van der Waals surface area (Å²) in [5, 5.41) is 37.6. The lowest BCUT2D eigenvalue weighted by Crippen LogP contribution is -2.37. The van der Waals surface area contributed by atoms with Crippen molar-refractivity contribution in [3.8, 4) is 23.0 Å². The van der Waals surface area contributed by atoms with Gasteiger partial charge in [0.15, 0.2) is 6.10 Å². The van der Waals surface area contributed by atoms with Gasteiger partial charge in [-0.1, -0.05) is 172 Å². The number of allylic oxidation sites excluding steroid dienone is 2. The molecule has 6 unspecified atom stereocenters. The highest BCUT2D eigenvalue weighted by Gasteiger charge is 2.36. The standard InChI is InChI=1S/C20H22O7.3C12H14O4.3C3H8/c1-2-18(21)26-13-15(12-25-14-8-4-3-5-9-14)27-20(24)17-11-7-6-10-16(17)19(22)23;3*1-2-12(14)16-9-10(13)8-15-11-6-4-3-5-7-11;3*1-3-2/h2-9,15-17H,1,10-13H2,(H,22,23);3*2-7,10,13H,1,8-9H2;3*3H2,1-2H3. The van der Waals surface area contributed by atoms with Crippen LogP contribution in [0.2, 0.25) is 0 Å². The molecule has 0 bridgehead atoms. The van der Waals surface area contributed by atoms with Gasteiger partial charge in [0.25, 0.3) is 0 Å². The molecule has 0 aliphatic heterocycles. The summed E-state index contributed by atoms with van der Waals surface area (Å²) in [4.78, 5) is 67.3. The Morgan fingerprint density at radius 1 is 0.417 bits per heavy atom. The molecule has 0 spiro atoms. The number of aliphatic carboxylic acids is 1. The van der Waals surface area contributed by atoms with Gasteiger partial charge in [-0.15, -0.1) is 0 Å². The Balaban J connectivity index is 0. The quantitative estimate of drug-likeness (QED) is 0.0187. The van der Waals surface area contributed by atoms with Crippen molar-refractivity contribution in [2.75, 3.05) is 52.9 Å². The van der Waals surface area contributed by atoms with Gasteiger partial charge in [-0.3, -0.25) is 9.59 Å². The lowest BCUT2D eigenvalue weighted by molar-refractivity contribution is -0.167. The minimum atomic E-state index is -1.04. The Morgan fingerprint density at radius 2 is 0.667 bits per heavy atom. The van der Waals surface area contributed by atoms with Crippen LogP contribution in [0, 0.1) is 11.8 Å². The Kier molecular flexibility index (Phi) is 48.5. The van der Waals surface area contributed by atoms with Gasteiger partial charge in [0, 0.05) is 24.3 Å². The van der Waals surface area contributed by atoms with Crippen molar-refractivity contribution >= 4 is 35.8 Å². The zero-order chi connectivity index (χ0) is 63.2. The van der Waals surface area contributed by atoms with Gasteiger partial charge in [-0.05, 0) is 61.4 Å². The van der Waals surface area contributed by atoms with Crippen LogP contribution in [0.5, 0.6) is 23.0 Å². The van der Waals surface area contributed by atoms with Crippen molar-refractivity contribution in [2.45, 2.75) is 98.1 Å². The molecule has 19 nitrogen and oxygen atoms in total. The molecule has 0 radical (unpaired) electrons. The van der Waals surface area contributed by atoms with Crippen LogP contribution in [-0.2, 0) is 52.5 Å². The fourth-order valence-electron chi connectivity index (χ4n) is 5.64. The smallest absolute Gasteiger partial charge is 0.330 e. The topological polar surface area (TPSA) is 266 Å². The van der Waals surface area contributed by atoms with Gasteiger partial charge in [-0.25, -0.2) is 19.2 Å². The number of rotatable bonds is 27. The van der Waals surface area contributed by atoms with Crippen molar-refractivity contribution in [1.29, 1.82) is 0 Å². The molecule has 0 heterocycles. The third kappa shape index (κ3) is 43.2. The summed E-state index contributed by atoms with van der Waals surface area (Å²) in [5.41, 5.74) is 0. The van der Waals surface area contributed by atoms with E-state index in [0.717, 1.165) is 24.3 Å². The predicted octanol–water partition coefficient (Wildman–Crippen LogP) is 10.1. The number of para-hydroxylation sites is 4. The van der Waals surface area contributed by atoms with Gasteiger partial charge < -0.3 is 63.1 Å². The molecule has 4 aromatic rings. The number of aliphatic hydroxyl groups is 3. The second-order valence-corrected chi connectivity index (χ2v) is 17.5. The molecule has 462 valence electrons. The second kappa shape index (κ2) is 52.5. The third-order valence-corrected chi connectivity index (χ3v) is 9.40. The highest BCUT2D eigenvalue weighted by molar-refractivity contribution is 5.83. The van der Waals surface area contributed by atoms with Crippen molar-refractivity contribution < 1.29 is 91.8 Å². The lowest BCUT2D eigenvalue weighted by Gasteiger charge is -2.26. The number of carboxylic acid groups (broad SMARTS) is 1. The number of benzene rings is 4. The summed E-state index contributed by atoms with van der Waals surface area (Å²) in [6.45, 7) is 25.5. The molecule has 19 heteroatoms. The average molecular weight is 1170 g/mol. The Morgan fingerprint density at radius 3 is 0.929 bits per heavy atom. The molecule has 1 aliphatic rings. The zero-order valence-corrected chi connectivity index (χ0v) is 49.4. The monoisotopic (exact) mass is 1170 g/mol. The van der Waals surface area contributed by atoms with Gasteiger partial charge in [0.2, 0.25) is 0 Å². The normalized spacial score (nSPS) is 13.5. The van der Waals surface area contributed by atoms with Crippen molar-refractivity contribution in [3.63, 3.8) is 0 Å². The molecule has 0 saturated heterocycles. The van der Waals surface area contributed by atoms with Crippen LogP contribution in [0.4, 0.5) is 0 Å². The first kappa shape index (κ1) is 77.5. The molecular formula is C65H88O19. The van der Waals surface area contributed by atoms with Crippen molar-refractivity contribution in [2.24, 2.45) is 11.8 Å². The maximum atomic E-state index is 12.5. The summed E-state index contributed by atoms with van der Waals surface area (Å²) in [7, 11) is 0. The van der Waals surface area contributed by atoms with E-state index in [2.05, 4.69) is 82.1 Å². The second-order valence-electron chi connectivity index (χ2n) is 17.5. The first-order chi connectivity index (χ1) is 40.4. The highest BCUT2D eigenvalue weighted by atomic mass is 16.6. The summed E-state index contributed by atoms with van der Waals surface area (Å²) >= 11 is 0. The maximum Gasteiger partial charge on any atom is 0.330 e. The number of hydrogen-bond donors (Lipinski definition) is 4. The molecule has 84 heavy (non-hydrogen) atoms. The van der Waals surface area contributed by atoms with E-state index < -0.39 is 72.1 Å². The molecule has 6 atom stereocenters. The van der Waals surface area contributed by atoms with Gasteiger partial charge in [0.05, 0.1) is 11.8 Å². The third-order valence-electron chi connectivity index (χ3n) is 9.40. The van der Waals surface area contributed by atoms with Crippen LogP contribution < -0.4 is 18.9 Å². The van der Waals surface area contributed by atoms with E-state index in [1.54, 1.807) is 72.8 Å². The molecule has 0 aromatic heterocycles. The summed E-state index contributed by atoms with van der Waals surface area (Å²) in [6.07, 6.45) is 8.55. The first-order valence-corrected chi connectivity index (χ1v) is 27.4. The van der Waals surface area contributed by atoms with Gasteiger partial charge in [0.1, 0.15) is 94.2 Å². The number of hydrogen-bond acceptors (Lipinski definition) is 18. The number of carboxylic acids is 1. The van der Waals surface area contributed by atoms with Crippen LogP contribution in [0.15, 0.2) is 184 Å². The minimum Gasteiger partial charge on any atom is -0.491 e. The molecule has 1 aliphatic carbocycles. The fourth-order valence-corrected chi connectivity index (χ4v) is 5.64. The predicted molar refractivity (Wildman–Crippen MR) is 321 cm³/mol. The van der Waals surface area contributed by atoms with Crippen LogP contribution in [-0.4, -0.2) is 134 Å². The van der Waals surface area contributed by atoms with Gasteiger partial charge in [-0.2, -0.15) is 0 Å². The molecule has 5 rings (SSSR count). The fraction of sp³-hybridized carbons (Fsp3) is 0.385. The van der Waals surface area contributed by atoms with Crippen LogP contribution in [0.25, 0.3) is 0 Å². The molecule has 4 N–H and O–H groups in total. The van der Waals surface area contributed by atoms with Crippen LogP contribution >= 0.6 is 0 Å². The van der Waals surface area contributed by atoms with Crippen LogP contribution in [0.1, 0.15) is 73.6 Å². The Bertz CT molecular complexity index is 2230. The first-order valence-electron chi connectivity index (χ1n) is 27.4. The number of carbonyl (C=O) groups is 6. The lowest BCUT2D eigenvalue weighted by atomic mass is 9.83. The summed E-state index contributed by atoms with van der Waals surface area (Å²) in [6, 6.07) is 36.2. The summed E-state index contributed by atoms with van der Waals surface area (Å²) < 4.78 is 45.7. The van der Waals surface area contributed by atoms with Gasteiger partial charge >= 0.3 is 35.8 Å². The number of aliphatic hydroxyl groups excluding tert-OH is 3. The van der Waals surface area contributed by atoms with E-state index in [9.17, 15) is 49.2 Å². The van der Waals surface area contributed by atoms with E-state index >= 15 is 0 Å². The van der Waals surface area contributed by atoms with E-state index in [4.69, 9.17) is 28.4 Å².